The van der Waals surface area contributed by atoms with E-state index in [9.17, 15) is 18.8 Å². The maximum atomic E-state index is 14.0. The van der Waals surface area contributed by atoms with Gasteiger partial charge in [0.2, 0.25) is 11.8 Å². The van der Waals surface area contributed by atoms with Crippen molar-refractivity contribution in [3.05, 3.63) is 53.8 Å². The predicted octanol–water partition coefficient (Wildman–Crippen LogP) is 3.41. The molecule has 2 aromatic carbocycles. The molecule has 172 valence electrons. The lowest BCUT2D eigenvalue weighted by molar-refractivity contribution is -0.123. The number of para-hydroxylation sites is 1. The van der Waals surface area contributed by atoms with E-state index in [2.05, 4.69) is 10.2 Å². The van der Waals surface area contributed by atoms with Gasteiger partial charge in [0.25, 0.3) is 5.91 Å². The van der Waals surface area contributed by atoms with Gasteiger partial charge in [-0.15, -0.1) is 0 Å². The number of amides is 3. The van der Waals surface area contributed by atoms with Gasteiger partial charge in [0, 0.05) is 25.2 Å². The molecule has 0 aliphatic carbocycles. The lowest BCUT2D eigenvalue weighted by Gasteiger charge is -2.45. The lowest BCUT2D eigenvalue weighted by atomic mass is 9.95. The summed E-state index contributed by atoms with van der Waals surface area (Å²) in [4.78, 5) is 44.6. The largest absolute Gasteiger partial charge is 0.358 e. The van der Waals surface area contributed by atoms with E-state index in [-0.39, 0.29) is 30.1 Å². The van der Waals surface area contributed by atoms with E-state index in [1.807, 2.05) is 17.0 Å². The minimum absolute atomic E-state index is 0.0562. The zero-order valence-corrected chi connectivity index (χ0v) is 18.4. The SMILES string of the molecule is O=C(CN1C(=O)C2CCCCN2c2ccc(C(=O)N3CCCC3)cc21)Nc1ccccc1F. The van der Waals surface area contributed by atoms with Gasteiger partial charge < -0.3 is 15.1 Å². The van der Waals surface area contributed by atoms with Gasteiger partial charge in [-0.1, -0.05) is 12.1 Å². The third kappa shape index (κ3) is 4.05. The predicted molar refractivity (Wildman–Crippen MR) is 124 cm³/mol. The molecule has 0 bridgehead atoms. The van der Waals surface area contributed by atoms with Crippen molar-refractivity contribution in [2.24, 2.45) is 0 Å². The molecule has 5 rings (SSSR count). The highest BCUT2D eigenvalue weighted by Gasteiger charge is 2.40. The van der Waals surface area contributed by atoms with Gasteiger partial charge in [-0.25, -0.2) is 4.39 Å². The molecular formula is C25H27FN4O3. The molecule has 0 saturated carbocycles. The summed E-state index contributed by atoms with van der Waals surface area (Å²) in [5, 5.41) is 2.57. The Balaban J connectivity index is 1.46. The number of fused-ring (bicyclic) bond motifs is 3. The second-order valence-electron chi connectivity index (χ2n) is 8.86. The van der Waals surface area contributed by atoms with Gasteiger partial charge in [0.1, 0.15) is 18.4 Å². The molecule has 33 heavy (non-hydrogen) atoms. The fraction of sp³-hybridized carbons (Fsp3) is 0.400. The lowest BCUT2D eigenvalue weighted by Crippen LogP contribution is -2.56. The monoisotopic (exact) mass is 450 g/mol. The minimum atomic E-state index is -0.534. The molecule has 0 spiro atoms. The van der Waals surface area contributed by atoms with Crippen LogP contribution in [0.5, 0.6) is 0 Å². The zero-order valence-electron chi connectivity index (χ0n) is 18.4. The molecule has 3 heterocycles. The van der Waals surface area contributed by atoms with Crippen LogP contribution in [-0.2, 0) is 9.59 Å². The van der Waals surface area contributed by atoms with E-state index in [4.69, 9.17) is 0 Å². The Morgan fingerprint density at radius 2 is 1.73 bits per heavy atom. The van der Waals surface area contributed by atoms with Crippen LogP contribution in [0.25, 0.3) is 0 Å². The number of nitrogens with zero attached hydrogens (tertiary/aromatic N) is 3. The van der Waals surface area contributed by atoms with Crippen LogP contribution < -0.4 is 15.1 Å². The first-order valence-corrected chi connectivity index (χ1v) is 11.6. The summed E-state index contributed by atoms with van der Waals surface area (Å²) in [6.45, 7) is 1.99. The molecule has 1 N–H and O–H groups in total. The number of rotatable bonds is 4. The fourth-order valence-electron chi connectivity index (χ4n) is 5.05. The fourth-order valence-corrected chi connectivity index (χ4v) is 5.05. The molecule has 3 aliphatic heterocycles. The van der Waals surface area contributed by atoms with Crippen LogP contribution in [0.15, 0.2) is 42.5 Å². The van der Waals surface area contributed by atoms with E-state index in [1.165, 1.54) is 17.0 Å². The van der Waals surface area contributed by atoms with Crippen molar-refractivity contribution < 1.29 is 18.8 Å². The summed E-state index contributed by atoms with van der Waals surface area (Å²) in [6, 6.07) is 11.1. The molecule has 7 nitrogen and oxygen atoms in total. The van der Waals surface area contributed by atoms with E-state index in [1.54, 1.807) is 18.2 Å². The molecule has 0 radical (unpaired) electrons. The quantitative estimate of drug-likeness (QED) is 0.775. The van der Waals surface area contributed by atoms with Crippen LogP contribution in [0.4, 0.5) is 21.5 Å². The molecule has 2 aromatic rings. The van der Waals surface area contributed by atoms with Crippen LogP contribution >= 0.6 is 0 Å². The number of benzene rings is 2. The summed E-state index contributed by atoms with van der Waals surface area (Å²) in [7, 11) is 0. The first-order chi connectivity index (χ1) is 16.0. The van der Waals surface area contributed by atoms with Crippen molar-refractivity contribution in [1.82, 2.24) is 4.90 Å². The van der Waals surface area contributed by atoms with Crippen molar-refractivity contribution in [3.8, 4) is 0 Å². The maximum Gasteiger partial charge on any atom is 0.253 e. The Morgan fingerprint density at radius 1 is 0.970 bits per heavy atom. The Bertz CT molecular complexity index is 1100. The van der Waals surface area contributed by atoms with Crippen molar-refractivity contribution in [3.63, 3.8) is 0 Å². The van der Waals surface area contributed by atoms with E-state index < -0.39 is 11.7 Å². The molecule has 1 atom stereocenters. The highest BCUT2D eigenvalue weighted by atomic mass is 19.1. The van der Waals surface area contributed by atoms with Gasteiger partial charge in [-0.05, 0) is 62.4 Å². The van der Waals surface area contributed by atoms with Gasteiger partial charge in [0.15, 0.2) is 0 Å². The van der Waals surface area contributed by atoms with Crippen molar-refractivity contribution >= 4 is 34.8 Å². The number of hydrogen-bond donors (Lipinski definition) is 1. The number of nitrogens with one attached hydrogen (secondary N) is 1. The number of piperidine rings is 1. The van der Waals surface area contributed by atoms with Crippen LogP contribution in [0.3, 0.4) is 0 Å². The van der Waals surface area contributed by atoms with E-state index in [0.717, 1.165) is 57.4 Å². The maximum absolute atomic E-state index is 14.0. The summed E-state index contributed by atoms with van der Waals surface area (Å²) >= 11 is 0. The normalized spacial score (nSPS) is 19.8. The average Bonchev–Trinajstić information content (AvgIpc) is 3.37. The number of carbonyl (C=O) groups is 3. The Kier molecular flexibility index (Phi) is 5.74. The molecule has 3 aliphatic rings. The third-order valence-corrected chi connectivity index (χ3v) is 6.72. The molecule has 8 heteroatoms. The van der Waals surface area contributed by atoms with Gasteiger partial charge in [0.05, 0.1) is 17.1 Å². The van der Waals surface area contributed by atoms with Crippen molar-refractivity contribution in [2.75, 3.05) is 41.3 Å². The summed E-state index contributed by atoms with van der Waals surface area (Å²) in [5.41, 5.74) is 2.01. The number of hydrogen-bond acceptors (Lipinski definition) is 4. The summed E-state index contributed by atoms with van der Waals surface area (Å²) in [6.07, 6.45) is 4.65. The van der Waals surface area contributed by atoms with Gasteiger partial charge >= 0.3 is 0 Å². The number of likely N-dealkylation sites (tertiary alicyclic amines) is 1. The zero-order chi connectivity index (χ0) is 22.9. The first-order valence-electron chi connectivity index (χ1n) is 11.6. The average molecular weight is 451 g/mol. The van der Waals surface area contributed by atoms with E-state index in [0.29, 0.717) is 11.3 Å². The topological polar surface area (TPSA) is 73.0 Å². The Morgan fingerprint density at radius 3 is 2.52 bits per heavy atom. The van der Waals surface area contributed by atoms with Crippen molar-refractivity contribution in [1.29, 1.82) is 0 Å². The third-order valence-electron chi connectivity index (χ3n) is 6.72. The number of anilines is 3. The van der Waals surface area contributed by atoms with Crippen LogP contribution in [0.2, 0.25) is 0 Å². The summed E-state index contributed by atoms with van der Waals surface area (Å²) in [5.74, 6) is -1.23. The highest BCUT2D eigenvalue weighted by Crippen LogP contribution is 2.40. The standard InChI is InChI=1S/C25H27FN4O3/c26-18-7-1-2-8-19(18)27-23(31)16-30-22-15-17(24(32)28-12-5-6-13-28)10-11-20(22)29-14-4-3-9-21(29)25(30)33/h1-2,7-8,10-11,15,21H,3-6,9,12-14,16H2,(H,27,31). The molecule has 1 unspecified atom stereocenters. The van der Waals surface area contributed by atoms with Gasteiger partial charge in [-0.2, -0.15) is 0 Å². The summed E-state index contributed by atoms with van der Waals surface area (Å²) < 4.78 is 14.0. The Hall–Kier alpha value is -3.42. The number of halogens is 1. The van der Waals surface area contributed by atoms with Crippen molar-refractivity contribution in [2.45, 2.75) is 38.1 Å². The van der Waals surface area contributed by atoms with Crippen LogP contribution in [-0.4, -0.2) is 54.8 Å². The first kappa shape index (κ1) is 21.4. The second-order valence-corrected chi connectivity index (χ2v) is 8.86. The number of carbonyl (C=O) groups excluding carboxylic acids is 3. The second kappa shape index (κ2) is 8.84. The Labute approximate surface area is 192 Å². The minimum Gasteiger partial charge on any atom is -0.358 e. The molecular weight excluding hydrogens is 423 g/mol. The highest BCUT2D eigenvalue weighted by molar-refractivity contribution is 6.11. The molecule has 0 aromatic heterocycles. The van der Waals surface area contributed by atoms with E-state index >= 15 is 0 Å². The smallest absolute Gasteiger partial charge is 0.253 e. The van der Waals surface area contributed by atoms with Crippen LogP contribution in [0, 0.1) is 5.82 Å². The molecule has 3 amide bonds. The van der Waals surface area contributed by atoms with Gasteiger partial charge in [-0.3, -0.25) is 19.3 Å². The molecule has 2 fully saturated rings. The molecule has 2 saturated heterocycles. The van der Waals surface area contributed by atoms with Crippen LogP contribution in [0.1, 0.15) is 42.5 Å².